The van der Waals surface area contributed by atoms with Crippen molar-refractivity contribution in [3.63, 3.8) is 0 Å². The fourth-order valence-corrected chi connectivity index (χ4v) is 1.74. The molecule has 0 saturated heterocycles. The van der Waals surface area contributed by atoms with Crippen LogP contribution in [-0.2, 0) is 0 Å². The number of unbranched alkanes of at least 4 members (excludes halogenated alkanes) is 1. The van der Waals surface area contributed by atoms with Gasteiger partial charge >= 0.3 is 0 Å². The van der Waals surface area contributed by atoms with Crippen molar-refractivity contribution in [2.24, 2.45) is 5.73 Å². The average molecular weight is 198 g/mol. The van der Waals surface area contributed by atoms with Gasteiger partial charge in [0.05, 0.1) is 5.84 Å². The molecule has 1 aromatic heterocycles. The lowest BCUT2D eigenvalue weighted by atomic mass is 10.2. The van der Waals surface area contributed by atoms with Crippen LogP contribution in [0.2, 0.25) is 0 Å². The van der Waals surface area contributed by atoms with Gasteiger partial charge in [-0.15, -0.1) is 0 Å². The molecule has 0 amide bonds. The third kappa shape index (κ3) is 4.57. The predicted molar refractivity (Wildman–Crippen MR) is 55.1 cm³/mol. The lowest BCUT2D eigenvalue weighted by Crippen LogP contribution is -2.08. The highest BCUT2D eigenvalue weighted by molar-refractivity contribution is 7.99. The highest BCUT2D eigenvalue weighted by Crippen LogP contribution is 2.13. The normalized spacial score (nSPS) is 10.2. The predicted octanol–water partition coefficient (Wildman–Crippen LogP) is 1.61. The first kappa shape index (κ1) is 10.1. The Morgan fingerprint density at radius 1 is 1.62 bits per heavy atom. The van der Waals surface area contributed by atoms with Crippen LogP contribution in [0.4, 0.5) is 0 Å². The summed E-state index contributed by atoms with van der Waals surface area (Å²) >= 11 is 1.70. The molecule has 13 heavy (non-hydrogen) atoms. The highest BCUT2D eigenvalue weighted by Gasteiger charge is 1.95. The average Bonchev–Trinajstić information content (AvgIpc) is 2.55. The van der Waals surface area contributed by atoms with E-state index in [0.717, 1.165) is 23.8 Å². The lowest BCUT2D eigenvalue weighted by molar-refractivity contribution is 0.835. The van der Waals surface area contributed by atoms with Gasteiger partial charge in [0, 0.05) is 24.6 Å². The maximum absolute atomic E-state index is 7.02. The van der Waals surface area contributed by atoms with Gasteiger partial charge in [-0.2, -0.15) is 0 Å². The summed E-state index contributed by atoms with van der Waals surface area (Å²) < 4.78 is 0. The van der Waals surface area contributed by atoms with Gasteiger partial charge in [-0.1, -0.05) is 11.8 Å². The zero-order valence-electron chi connectivity index (χ0n) is 7.42. The van der Waals surface area contributed by atoms with Crippen molar-refractivity contribution in [1.82, 2.24) is 9.97 Å². The topological polar surface area (TPSA) is 78.6 Å². The van der Waals surface area contributed by atoms with E-state index in [-0.39, 0.29) is 5.84 Å². The number of H-pyrrole nitrogens is 1. The highest BCUT2D eigenvalue weighted by atomic mass is 32.2. The number of hydrogen-bond acceptors (Lipinski definition) is 3. The minimum absolute atomic E-state index is 0.281. The molecule has 0 radical (unpaired) electrons. The summed E-state index contributed by atoms with van der Waals surface area (Å²) in [6.45, 7) is 0. The van der Waals surface area contributed by atoms with E-state index in [9.17, 15) is 0 Å². The van der Waals surface area contributed by atoms with E-state index in [1.807, 2.05) is 6.20 Å². The standard InChI is InChI=1S/C8H14N4S/c9-7(10)3-1-2-6-13-8-11-4-5-12-8/h4-5H,1-3,6H2,(H3,9,10)(H,11,12). The molecule has 0 aliphatic rings. The first-order chi connectivity index (χ1) is 6.29. The van der Waals surface area contributed by atoms with Crippen LogP contribution in [0.1, 0.15) is 19.3 Å². The molecular weight excluding hydrogens is 184 g/mol. The van der Waals surface area contributed by atoms with Gasteiger partial charge in [-0.05, 0) is 12.8 Å². The quantitative estimate of drug-likeness (QED) is 0.281. The first-order valence-corrected chi connectivity index (χ1v) is 5.22. The van der Waals surface area contributed by atoms with Crippen molar-refractivity contribution in [3.05, 3.63) is 12.4 Å². The van der Waals surface area contributed by atoms with Gasteiger partial charge in [0.15, 0.2) is 5.16 Å². The van der Waals surface area contributed by atoms with Crippen LogP contribution in [0.25, 0.3) is 0 Å². The van der Waals surface area contributed by atoms with Crippen LogP contribution < -0.4 is 5.73 Å². The van der Waals surface area contributed by atoms with Gasteiger partial charge in [0.1, 0.15) is 0 Å². The molecule has 4 nitrogen and oxygen atoms in total. The molecule has 0 aliphatic carbocycles. The Balaban J connectivity index is 1.99. The fourth-order valence-electron chi connectivity index (χ4n) is 0.916. The SMILES string of the molecule is N=C(N)CCCCSc1ncc[nH]1. The molecule has 0 unspecified atom stereocenters. The molecular formula is C8H14N4S. The maximum atomic E-state index is 7.02. The van der Waals surface area contributed by atoms with E-state index in [0.29, 0.717) is 6.42 Å². The number of amidine groups is 1. The molecule has 0 aromatic carbocycles. The number of nitrogens with zero attached hydrogens (tertiary/aromatic N) is 1. The molecule has 0 aliphatic heterocycles. The summed E-state index contributed by atoms with van der Waals surface area (Å²) in [6.07, 6.45) is 6.34. The molecule has 0 saturated carbocycles. The lowest BCUT2D eigenvalue weighted by Gasteiger charge is -1.98. The number of hydrogen-bond donors (Lipinski definition) is 3. The van der Waals surface area contributed by atoms with E-state index in [1.54, 1.807) is 18.0 Å². The second kappa shape index (κ2) is 5.64. The zero-order valence-corrected chi connectivity index (χ0v) is 8.23. The number of aromatic amines is 1. The van der Waals surface area contributed by atoms with E-state index in [2.05, 4.69) is 9.97 Å². The number of imidazole rings is 1. The van der Waals surface area contributed by atoms with Gasteiger partial charge in [0.25, 0.3) is 0 Å². The molecule has 5 heteroatoms. The first-order valence-electron chi connectivity index (χ1n) is 4.24. The van der Waals surface area contributed by atoms with Crippen molar-refractivity contribution in [3.8, 4) is 0 Å². The van der Waals surface area contributed by atoms with Crippen LogP contribution >= 0.6 is 11.8 Å². The monoisotopic (exact) mass is 198 g/mol. The third-order valence-corrected chi connectivity index (χ3v) is 2.54. The zero-order chi connectivity index (χ0) is 9.52. The van der Waals surface area contributed by atoms with Crippen molar-refractivity contribution < 1.29 is 0 Å². The smallest absolute Gasteiger partial charge is 0.165 e. The van der Waals surface area contributed by atoms with Crippen LogP contribution in [0.5, 0.6) is 0 Å². The number of nitrogens with two attached hydrogens (primary N) is 1. The summed E-state index contributed by atoms with van der Waals surface area (Å²) in [4.78, 5) is 7.11. The van der Waals surface area contributed by atoms with Crippen molar-refractivity contribution in [1.29, 1.82) is 5.41 Å². The second-order valence-electron chi connectivity index (χ2n) is 2.73. The van der Waals surface area contributed by atoms with Gasteiger partial charge < -0.3 is 10.7 Å². The van der Waals surface area contributed by atoms with Crippen molar-refractivity contribution in [2.45, 2.75) is 24.4 Å². The van der Waals surface area contributed by atoms with Crippen molar-refractivity contribution in [2.75, 3.05) is 5.75 Å². The molecule has 0 atom stereocenters. The summed E-state index contributed by atoms with van der Waals surface area (Å²) in [5.41, 5.74) is 5.23. The number of nitrogens with one attached hydrogen (secondary N) is 2. The molecule has 0 spiro atoms. The molecule has 4 N–H and O–H groups in total. The minimum Gasteiger partial charge on any atom is -0.388 e. The van der Waals surface area contributed by atoms with Gasteiger partial charge in [0.2, 0.25) is 0 Å². The molecule has 1 aromatic rings. The minimum atomic E-state index is 0.281. The largest absolute Gasteiger partial charge is 0.388 e. The molecule has 0 bridgehead atoms. The Bertz CT molecular complexity index is 245. The van der Waals surface area contributed by atoms with E-state index in [4.69, 9.17) is 11.1 Å². The summed E-state index contributed by atoms with van der Waals surface area (Å²) in [7, 11) is 0. The van der Waals surface area contributed by atoms with Crippen molar-refractivity contribution >= 4 is 17.6 Å². The Morgan fingerprint density at radius 2 is 2.46 bits per heavy atom. The molecule has 0 fully saturated rings. The van der Waals surface area contributed by atoms with Gasteiger partial charge in [-0.3, -0.25) is 5.41 Å². The van der Waals surface area contributed by atoms with Crippen LogP contribution in [0.3, 0.4) is 0 Å². The Morgan fingerprint density at radius 3 is 3.08 bits per heavy atom. The molecule has 1 rings (SSSR count). The van der Waals surface area contributed by atoms with E-state index >= 15 is 0 Å². The Labute approximate surface area is 81.8 Å². The summed E-state index contributed by atoms with van der Waals surface area (Å²) in [5.74, 6) is 1.31. The fraction of sp³-hybridized carbons (Fsp3) is 0.500. The maximum Gasteiger partial charge on any atom is 0.165 e. The van der Waals surface area contributed by atoms with Crippen LogP contribution in [-0.4, -0.2) is 21.6 Å². The van der Waals surface area contributed by atoms with E-state index < -0.39 is 0 Å². The summed E-state index contributed by atoms with van der Waals surface area (Å²) in [6, 6.07) is 0. The van der Waals surface area contributed by atoms with Gasteiger partial charge in [-0.25, -0.2) is 4.98 Å². The third-order valence-electron chi connectivity index (χ3n) is 1.55. The summed E-state index contributed by atoms with van der Waals surface area (Å²) in [5, 5.41) is 7.98. The molecule has 1 heterocycles. The van der Waals surface area contributed by atoms with E-state index in [1.165, 1.54) is 0 Å². The number of rotatable bonds is 6. The van der Waals surface area contributed by atoms with Crippen LogP contribution in [0, 0.1) is 5.41 Å². The second-order valence-corrected chi connectivity index (χ2v) is 3.81. The van der Waals surface area contributed by atoms with Crippen LogP contribution in [0.15, 0.2) is 17.6 Å². The number of thioether (sulfide) groups is 1. The Hall–Kier alpha value is -0.970. The Kier molecular flexibility index (Phi) is 4.39. The molecule has 72 valence electrons. The number of aromatic nitrogens is 2.